The van der Waals surface area contributed by atoms with Crippen molar-refractivity contribution in [2.75, 3.05) is 0 Å². The summed E-state index contributed by atoms with van der Waals surface area (Å²) in [6.07, 6.45) is 27.7. The lowest BCUT2D eigenvalue weighted by atomic mass is 9.78. The lowest BCUT2D eigenvalue weighted by Gasteiger charge is -2.27. The molecular formula is C27H50. The molecule has 0 saturated heterocycles. The monoisotopic (exact) mass is 374 g/mol. The fraction of sp³-hybridized carbons (Fsp3) is 0.852. The Morgan fingerprint density at radius 2 is 0.593 bits per heavy atom. The van der Waals surface area contributed by atoms with Gasteiger partial charge in [0.25, 0.3) is 0 Å². The maximum atomic E-state index is 2.60. The second-order valence-electron chi connectivity index (χ2n) is 9.48. The molecule has 0 spiro atoms. The van der Waals surface area contributed by atoms with E-state index in [1.165, 1.54) is 77.0 Å². The van der Waals surface area contributed by atoms with Crippen molar-refractivity contribution in [3.8, 4) is 0 Å². The van der Waals surface area contributed by atoms with Crippen LogP contribution in [-0.2, 0) is 0 Å². The van der Waals surface area contributed by atoms with Crippen molar-refractivity contribution in [3.63, 3.8) is 0 Å². The van der Waals surface area contributed by atoms with Crippen LogP contribution in [0.15, 0.2) is 24.3 Å². The number of rotatable bonds is 4. The molecule has 3 aliphatic rings. The summed E-state index contributed by atoms with van der Waals surface area (Å²) in [5, 5.41) is 0. The maximum absolute atomic E-state index is 2.60. The topological polar surface area (TPSA) is 0 Å². The molecular weight excluding hydrogens is 324 g/mol. The summed E-state index contributed by atoms with van der Waals surface area (Å²) in [7, 11) is 0. The summed E-state index contributed by atoms with van der Waals surface area (Å²) >= 11 is 0. The first-order valence-electron chi connectivity index (χ1n) is 12.1. The van der Waals surface area contributed by atoms with Crippen LogP contribution in [0.25, 0.3) is 0 Å². The van der Waals surface area contributed by atoms with Crippen molar-refractivity contribution in [1.29, 1.82) is 0 Å². The van der Waals surface area contributed by atoms with E-state index in [9.17, 15) is 0 Å². The summed E-state index contributed by atoms with van der Waals surface area (Å²) in [6, 6.07) is 0. The van der Waals surface area contributed by atoms with Crippen LogP contribution in [0.1, 0.15) is 112 Å². The predicted molar refractivity (Wildman–Crippen MR) is 124 cm³/mol. The zero-order chi connectivity index (χ0) is 18.8. The van der Waals surface area contributed by atoms with Crippen molar-refractivity contribution in [2.45, 2.75) is 112 Å². The van der Waals surface area contributed by atoms with Gasteiger partial charge in [-0.3, -0.25) is 0 Å². The van der Waals surface area contributed by atoms with Gasteiger partial charge in [-0.15, -0.1) is 0 Å². The highest BCUT2D eigenvalue weighted by Crippen LogP contribution is 2.34. The van der Waals surface area contributed by atoms with Gasteiger partial charge in [-0.2, -0.15) is 0 Å². The lowest BCUT2D eigenvalue weighted by Crippen LogP contribution is -2.14. The van der Waals surface area contributed by atoms with E-state index < -0.39 is 0 Å². The molecule has 0 heteroatoms. The van der Waals surface area contributed by atoms with Gasteiger partial charge in [0, 0.05) is 0 Å². The maximum Gasteiger partial charge on any atom is -0.0233 e. The van der Waals surface area contributed by atoms with Crippen molar-refractivity contribution in [2.24, 2.45) is 35.5 Å². The zero-order valence-electron chi connectivity index (χ0n) is 18.3. The smallest absolute Gasteiger partial charge is 0.0233 e. The molecule has 3 rings (SSSR count). The average molecular weight is 375 g/mol. The molecule has 3 aliphatic carbocycles. The van der Waals surface area contributed by atoms with Gasteiger partial charge >= 0.3 is 0 Å². The summed E-state index contributed by atoms with van der Waals surface area (Å²) in [5.41, 5.74) is 0. The van der Waals surface area contributed by atoms with E-state index in [-0.39, 0.29) is 7.43 Å². The van der Waals surface area contributed by atoms with Crippen LogP contribution in [0.2, 0.25) is 0 Å². The van der Waals surface area contributed by atoms with E-state index in [0.29, 0.717) is 0 Å². The van der Waals surface area contributed by atoms with Gasteiger partial charge in [-0.25, -0.2) is 0 Å². The first-order chi connectivity index (χ1) is 12.7. The highest BCUT2D eigenvalue weighted by molar-refractivity contribution is 5.00. The molecule has 0 aromatic carbocycles. The van der Waals surface area contributed by atoms with Crippen LogP contribution >= 0.6 is 0 Å². The molecule has 0 atom stereocenters. The lowest BCUT2D eigenvalue weighted by molar-refractivity contribution is 0.321. The van der Waals surface area contributed by atoms with Gasteiger partial charge < -0.3 is 0 Å². The van der Waals surface area contributed by atoms with Gasteiger partial charge in [-0.05, 0) is 86.9 Å². The highest BCUT2D eigenvalue weighted by atomic mass is 14.3. The van der Waals surface area contributed by atoms with Gasteiger partial charge in [0.15, 0.2) is 0 Å². The van der Waals surface area contributed by atoms with Crippen LogP contribution in [-0.4, -0.2) is 0 Å². The van der Waals surface area contributed by atoms with Crippen molar-refractivity contribution in [1.82, 2.24) is 0 Å². The Morgan fingerprint density at radius 3 is 0.815 bits per heavy atom. The van der Waals surface area contributed by atoms with E-state index in [2.05, 4.69) is 38.2 Å². The number of hydrogen-bond donors (Lipinski definition) is 0. The molecule has 0 amide bonds. The minimum absolute atomic E-state index is 0. The molecule has 27 heavy (non-hydrogen) atoms. The van der Waals surface area contributed by atoms with Gasteiger partial charge in [0.2, 0.25) is 0 Å². The summed E-state index contributed by atoms with van der Waals surface area (Å²) < 4.78 is 0. The van der Waals surface area contributed by atoms with E-state index in [1.807, 2.05) is 13.8 Å². The van der Waals surface area contributed by atoms with Crippen LogP contribution in [0, 0.1) is 35.5 Å². The Hall–Kier alpha value is -0.520. The third-order valence-electron chi connectivity index (χ3n) is 7.25. The third kappa shape index (κ3) is 9.01. The molecule has 0 aromatic heterocycles. The van der Waals surface area contributed by atoms with Crippen molar-refractivity contribution in [3.05, 3.63) is 24.3 Å². The second-order valence-corrected chi connectivity index (χ2v) is 9.48. The molecule has 0 unspecified atom stereocenters. The van der Waals surface area contributed by atoms with E-state index in [0.717, 1.165) is 35.5 Å². The second kappa shape index (κ2) is 13.6. The van der Waals surface area contributed by atoms with Gasteiger partial charge in [0.1, 0.15) is 0 Å². The summed E-state index contributed by atoms with van der Waals surface area (Å²) in [5.74, 6) is 5.50. The molecule has 0 aromatic rings. The van der Waals surface area contributed by atoms with Crippen LogP contribution in [0.3, 0.4) is 0 Å². The fourth-order valence-electron chi connectivity index (χ4n) is 5.12. The Kier molecular flexibility index (Phi) is 12.4. The molecule has 3 saturated carbocycles. The molecule has 0 aliphatic heterocycles. The quantitative estimate of drug-likeness (QED) is 0.430. The number of hydrogen-bond acceptors (Lipinski definition) is 0. The molecule has 0 radical (unpaired) electrons. The standard InChI is InChI=1S/C24H40.C2H6.CH4/c1-19-3-7-21(8-4-19)11-13-23-15-17-24(18-16-23)14-12-22-9-5-20(2)6-10-22;1-2;/h11-14,19-24H,3-10,15-18H2,1-2H3;1-2H3;1H4/b13-11+,14-12+;;. The highest BCUT2D eigenvalue weighted by Gasteiger charge is 2.21. The molecule has 158 valence electrons. The summed E-state index contributed by atoms with van der Waals surface area (Å²) in [6.45, 7) is 8.84. The Labute approximate surface area is 172 Å². The molecule has 0 bridgehead atoms. The Morgan fingerprint density at radius 1 is 0.407 bits per heavy atom. The molecule has 0 N–H and O–H groups in total. The Balaban J connectivity index is 0.00000118. The van der Waals surface area contributed by atoms with E-state index in [1.54, 1.807) is 0 Å². The van der Waals surface area contributed by atoms with E-state index >= 15 is 0 Å². The van der Waals surface area contributed by atoms with Crippen molar-refractivity contribution < 1.29 is 0 Å². The van der Waals surface area contributed by atoms with Gasteiger partial charge in [0.05, 0.1) is 0 Å². The predicted octanol–water partition coefficient (Wildman–Crippen LogP) is 9.22. The first-order valence-corrected chi connectivity index (χ1v) is 12.1. The largest absolute Gasteiger partial charge is 0.0851 e. The van der Waals surface area contributed by atoms with Crippen LogP contribution in [0.4, 0.5) is 0 Å². The zero-order valence-corrected chi connectivity index (χ0v) is 18.3. The van der Waals surface area contributed by atoms with E-state index in [4.69, 9.17) is 0 Å². The Bertz CT molecular complexity index is 354. The molecule has 0 heterocycles. The molecule has 0 nitrogen and oxygen atoms in total. The minimum atomic E-state index is 0. The first kappa shape index (κ1) is 24.5. The van der Waals surface area contributed by atoms with Gasteiger partial charge in [-0.1, -0.05) is 85.1 Å². The summed E-state index contributed by atoms with van der Waals surface area (Å²) in [4.78, 5) is 0. The fourth-order valence-corrected chi connectivity index (χ4v) is 5.12. The normalized spacial score (nSPS) is 37.5. The molecule has 3 fully saturated rings. The van der Waals surface area contributed by atoms with Crippen LogP contribution in [0.5, 0.6) is 0 Å². The number of allylic oxidation sites excluding steroid dienone is 4. The van der Waals surface area contributed by atoms with Crippen LogP contribution < -0.4 is 0 Å². The van der Waals surface area contributed by atoms with Crippen molar-refractivity contribution >= 4 is 0 Å². The minimum Gasteiger partial charge on any atom is -0.0851 e. The average Bonchev–Trinajstić information content (AvgIpc) is 2.69. The third-order valence-corrected chi connectivity index (χ3v) is 7.25. The SMILES string of the molecule is C.CC.CC1CCC(/C=C/C2CCC(/C=C/C3CCC(C)CC3)CC2)CC1.